The lowest BCUT2D eigenvalue weighted by Crippen LogP contribution is -2.38. The minimum atomic E-state index is -0.489. The van der Waals surface area contributed by atoms with Crippen LogP contribution in [-0.4, -0.2) is 29.8 Å². The Bertz CT molecular complexity index is 471. The van der Waals surface area contributed by atoms with Gasteiger partial charge >= 0.3 is 0 Å². The van der Waals surface area contributed by atoms with Gasteiger partial charge in [0.1, 0.15) is 0 Å². The third-order valence-electron chi connectivity index (χ3n) is 2.42. The molecule has 1 rings (SSSR count). The molecule has 0 saturated heterocycles. The molecule has 0 fully saturated rings. The average molecular weight is 345 g/mol. The van der Waals surface area contributed by atoms with E-state index in [1.54, 1.807) is 17.4 Å². The molecule has 0 aliphatic rings. The van der Waals surface area contributed by atoms with Crippen LogP contribution in [0.1, 0.15) is 24.6 Å². The molecule has 104 valence electrons. The molecule has 2 amide bonds. The minimum Gasteiger partial charge on any atom is -0.368 e. The summed E-state index contributed by atoms with van der Waals surface area (Å²) in [5.74, 6) is -0.673. The second-order valence-electron chi connectivity index (χ2n) is 4.05. The smallest absolute Gasteiger partial charge is 0.247 e. The molecule has 0 bridgehead atoms. The molecule has 0 spiro atoms. The van der Waals surface area contributed by atoms with Crippen molar-refractivity contribution < 1.29 is 9.59 Å². The fraction of sp³-hybridized carbons (Fsp3) is 0.385. The summed E-state index contributed by atoms with van der Waals surface area (Å²) in [5.41, 5.74) is 5.15. The molecule has 0 aliphatic carbocycles. The highest BCUT2D eigenvalue weighted by Gasteiger charge is 2.12. The summed E-state index contributed by atoms with van der Waals surface area (Å²) in [7, 11) is 0. The molecule has 0 unspecified atom stereocenters. The summed E-state index contributed by atoms with van der Waals surface area (Å²) in [6, 6.07) is 3.84. The molecular weight excluding hydrogens is 328 g/mol. The van der Waals surface area contributed by atoms with Gasteiger partial charge < -0.3 is 10.6 Å². The second-order valence-corrected chi connectivity index (χ2v) is 6.55. The van der Waals surface area contributed by atoms with Crippen LogP contribution in [0.3, 0.4) is 0 Å². The van der Waals surface area contributed by atoms with Crippen LogP contribution in [0.5, 0.6) is 0 Å². The van der Waals surface area contributed by atoms with Gasteiger partial charge in [0.25, 0.3) is 0 Å². The molecule has 0 radical (unpaired) electrons. The normalized spacial score (nSPS) is 10.8. The summed E-state index contributed by atoms with van der Waals surface area (Å²) >= 11 is 4.90. The van der Waals surface area contributed by atoms with Gasteiger partial charge in [0.05, 0.1) is 10.3 Å². The number of hydrogen-bond donors (Lipinski definition) is 1. The molecule has 0 saturated carbocycles. The van der Waals surface area contributed by atoms with E-state index >= 15 is 0 Å². The number of hydrogen-bond acceptors (Lipinski definition) is 3. The molecule has 6 heteroatoms. The lowest BCUT2D eigenvalue weighted by atomic mass is 10.3. The van der Waals surface area contributed by atoms with Crippen molar-refractivity contribution in [2.45, 2.75) is 19.8 Å². The van der Waals surface area contributed by atoms with Crippen molar-refractivity contribution in [2.24, 2.45) is 5.73 Å². The lowest BCUT2D eigenvalue weighted by molar-refractivity contribution is -0.131. The van der Waals surface area contributed by atoms with Gasteiger partial charge in [-0.2, -0.15) is 0 Å². The summed E-state index contributed by atoms with van der Waals surface area (Å²) in [5, 5.41) is 0. The first kappa shape index (κ1) is 15.9. The Labute approximate surface area is 125 Å². The third kappa shape index (κ3) is 6.02. The molecule has 1 aromatic rings. The summed E-state index contributed by atoms with van der Waals surface area (Å²) in [6.07, 6.45) is 5.05. The quantitative estimate of drug-likeness (QED) is 0.772. The number of carbonyl (C=O) groups excluding carboxylic acids is 2. The van der Waals surface area contributed by atoms with Crippen LogP contribution >= 0.6 is 27.3 Å². The molecule has 2 N–H and O–H groups in total. The molecule has 4 nitrogen and oxygen atoms in total. The molecule has 19 heavy (non-hydrogen) atoms. The Hall–Kier alpha value is -1.14. The lowest BCUT2D eigenvalue weighted by Gasteiger charge is -2.18. The summed E-state index contributed by atoms with van der Waals surface area (Å²) in [6.45, 7) is 2.56. The largest absolute Gasteiger partial charge is 0.368 e. The zero-order chi connectivity index (χ0) is 14.3. The monoisotopic (exact) mass is 344 g/mol. The van der Waals surface area contributed by atoms with Crippen molar-refractivity contribution in [3.05, 3.63) is 26.9 Å². The average Bonchev–Trinajstić information content (AvgIpc) is 2.77. The molecule has 1 heterocycles. The number of nitrogens with two attached hydrogens (primary N) is 1. The van der Waals surface area contributed by atoms with Gasteiger partial charge in [-0.3, -0.25) is 9.59 Å². The SMILES string of the molecule is CCCCN(CC(N)=O)C(=O)/C=C\c1ccc(Br)s1. The topological polar surface area (TPSA) is 63.4 Å². The van der Waals surface area contributed by atoms with Crippen LogP contribution in [0.4, 0.5) is 0 Å². The maximum absolute atomic E-state index is 12.0. The van der Waals surface area contributed by atoms with Crippen LogP contribution in [0.2, 0.25) is 0 Å². The van der Waals surface area contributed by atoms with Crippen LogP contribution < -0.4 is 5.73 Å². The minimum absolute atomic E-state index is 0.0304. The first-order chi connectivity index (χ1) is 9.02. The van der Waals surface area contributed by atoms with Crippen molar-refractivity contribution in [3.63, 3.8) is 0 Å². The highest BCUT2D eigenvalue weighted by Crippen LogP contribution is 2.23. The Morgan fingerprint density at radius 2 is 2.21 bits per heavy atom. The van der Waals surface area contributed by atoms with Gasteiger partial charge in [-0.1, -0.05) is 13.3 Å². The maximum atomic E-state index is 12.0. The fourth-order valence-electron chi connectivity index (χ4n) is 1.48. The highest BCUT2D eigenvalue weighted by molar-refractivity contribution is 9.11. The van der Waals surface area contributed by atoms with E-state index in [2.05, 4.69) is 15.9 Å². The van der Waals surface area contributed by atoms with Gasteiger partial charge in [-0.15, -0.1) is 11.3 Å². The number of rotatable bonds is 7. The van der Waals surface area contributed by atoms with E-state index in [-0.39, 0.29) is 12.5 Å². The molecule has 0 atom stereocenters. The van der Waals surface area contributed by atoms with E-state index in [4.69, 9.17) is 5.73 Å². The van der Waals surface area contributed by atoms with Gasteiger partial charge in [0.2, 0.25) is 11.8 Å². The zero-order valence-corrected chi connectivity index (χ0v) is 13.2. The molecule has 0 aliphatic heterocycles. The Kier molecular flexibility index (Phi) is 6.80. The standard InChI is InChI=1S/C13H17BrN2O2S/c1-2-3-8-16(9-12(15)17)13(18)7-5-10-4-6-11(14)19-10/h4-7H,2-3,8-9H2,1H3,(H2,15,17)/b7-5-. The van der Waals surface area contributed by atoms with Gasteiger partial charge in [-0.05, 0) is 40.6 Å². The van der Waals surface area contributed by atoms with E-state index in [0.717, 1.165) is 21.5 Å². The first-order valence-corrected chi connectivity index (χ1v) is 7.64. The number of primary amides is 1. The summed E-state index contributed by atoms with van der Waals surface area (Å²) < 4.78 is 1.01. The Balaban J connectivity index is 2.64. The maximum Gasteiger partial charge on any atom is 0.247 e. The predicted molar refractivity (Wildman–Crippen MR) is 81.7 cm³/mol. The molecule has 1 aromatic heterocycles. The highest BCUT2D eigenvalue weighted by atomic mass is 79.9. The van der Waals surface area contributed by atoms with Crippen molar-refractivity contribution in [1.82, 2.24) is 4.90 Å². The van der Waals surface area contributed by atoms with Crippen molar-refractivity contribution in [2.75, 3.05) is 13.1 Å². The fourth-order valence-corrected chi connectivity index (χ4v) is 2.81. The van der Waals surface area contributed by atoms with Crippen molar-refractivity contribution in [3.8, 4) is 0 Å². The number of thiophene rings is 1. The predicted octanol–water partition coefficient (Wildman–Crippen LogP) is 2.64. The Morgan fingerprint density at radius 1 is 1.47 bits per heavy atom. The zero-order valence-electron chi connectivity index (χ0n) is 10.8. The van der Waals surface area contributed by atoms with Gasteiger partial charge in [0.15, 0.2) is 0 Å². The van der Waals surface area contributed by atoms with E-state index in [1.807, 2.05) is 19.1 Å². The second kappa shape index (κ2) is 8.12. The van der Waals surface area contributed by atoms with E-state index in [9.17, 15) is 9.59 Å². The van der Waals surface area contributed by atoms with Crippen LogP contribution in [0.25, 0.3) is 6.08 Å². The van der Waals surface area contributed by atoms with E-state index in [1.165, 1.54) is 11.0 Å². The van der Waals surface area contributed by atoms with E-state index in [0.29, 0.717) is 6.54 Å². The molecule has 0 aromatic carbocycles. The molecular formula is C13H17BrN2O2S. The summed E-state index contributed by atoms with van der Waals surface area (Å²) in [4.78, 5) is 25.4. The van der Waals surface area contributed by atoms with Crippen molar-refractivity contribution in [1.29, 1.82) is 0 Å². The number of unbranched alkanes of at least 4 members (excludes halogenated alkanes) is 1. The first-order valence-electron chi connectivity index (χ1n) is 6.03. The van der Waals surface area contributed by atoms with Gasteiger partial charge in [-0.25, -0.2) is 0 Å². The third-order valence-corrected chi connectivity index (χ3v) is 4.01. The number of nitrogens with zero attached hydrogens (tertiary/aromatic N) is 1. The van der Waals surface area contributed by atoms with Crippen LogP contribution in [0, 0.1) is 0 Å². The number of amides is 2. The number of carbonyl (C=O) groups is 2. The van der Waals surface area contributed by atoms with Crippen molar-refractivity contribution >= 4 is 45.2 Å². The van der Waals surface area contributed by atoms with Crippen LogP contribution in [0.15, 0.2) is 22.0 Å². The Morgan fingerprint density at radius 3 is 2.74 bits per heavy atom. The van der Waals surface area contributed by atoms with E-state index < -0.39 is 5.91 Å². The number of halogens is 1. The van der Waals surface area contributed by atoms with Crippen LogP contribution in [-0.2, 0) is 9.59 Å². The van der Waals surface area contributed by atoms with Gasteiger partial charge in [0, 0.05) is 17.5 Å².